The number of hydrogen-bond donors (Lipinski definition) is 0. The van der Waals surface area contributed by atoms with Crippen molar-refractivity contribution >= 4 is 22.7 Å². The van der Waals surface area contributed by atoms with Gasteiger partial charge in [-0.05, 0) is 29.5 Å². The lowest BCUT2D eigenvalue weighted by Crippen LogP contribution is -2.02. The molecule has 2 radical (unpaired) electrons. The molecule has 0 spiro atoms. The van der Waals surface area contributed by atoms with Crippen LogP contribution in [0.5, 0.6) is 0 Å². The Labute approximate surface area is 89.7 Å². The van der Waals surface area contributed by atoms with E-state index >= 15 is 0 Å². The topological polar surface area (TPSA) is 0 Å². The molecule has 72 valence electrons. The van der Waals surface area contributed by atoms with E-state index in [4.69, 9.17) is 0 Å². The van der Waals surface area contributed by atoms with E-state index in [0.29, 0.717) is 0 Å². The molecule has 2 heteroatoms. The van der Waals surface area contributed by atoms with Gasteiger partial charge in [-0.25, -0.2) is 0 Å². The van der Waals surface area contributed by atoms with E-state index in [9.17, 15) is 0 Å². The minimum absolute atomic E-state index is 0.231. The van der Waals surface area contributed by atoms with Crippen molar-refractivity contribution in [3.05, 3.63) is 30.3 Å². The molecule has 2 aliphatic heterocycles. The van der Waals surface area contributed by atoms with Gasteiger partial charge in [0.15, 0.2) is 0 Å². The molecule has 0 aromatic heterocycles. The molecule has 1 aromatic rings. The maximum atomic E-state index is 2.34. The molecule has 1 aromatic carbocycles. The summed E-state index contributed by atoms with van der Waals surface area (Å²) in [6, 6.07) is 14.3. The van der Waals surface area contributed by atoms with Gasteiger partial charge in [-0.1, -0.05) is 50.3 Å². The highest BCUT2D eigenvalue weighted by atomic mass is 31.1. The Morgan fingerprint density at radius 2 is 1.64 bits per heavy atom. The van der Waals surface area contributed by atoms with E-state index in [0.717, 1.165) is 11.8 Å². The zero-order valence-electron chi connectivity index (χ0n) is 8.32. The van der Waals surface area contributed by atoms with Gasteiger partial charge in [-0.15, -0.1) is 0 Å². The summed E-state index contributed by atoms with van der Waals surface area (Å²) >= 11 is 0. The highest BCUT2D eigenvalue weighted by Crippen LogP contribution is 2.53. The zero-order valence-corrected chi connectivity index (χ0v) is 10.2. The highest BCUT2D eigenvalue weighted by Gasteiger charge is 2.37. The van der Waals surface area contributed by atoms with E-state index < -0.39 is 0 Å². The average molecular weight is 218 g/mol. The number of rotatable bonds is 1. The van der Waals surface area contributed by atoms with Gasteiger partial charge in [0.2, 0.25) is 0 Å². The van der Waals surface area contributed by atoms with Gasteiger partial charge in [0.1, 0.15) is 0 Å². The Bertz CT molecular complexity index is 299. The maximum absolute atomic E-state index is 2.34. The first kappa shape index (κ1) is 9.12. The fourth-order valence-corrected chi connectivity index (χ4v) is 8.21. The summed E-state index contributed by atoms with van der Waals surface area (Å²) in [7, 11) is 1.52. The third kappa shape index (κ3) is 1.57. The van der Waals surface area contributed by atoms with Crippen molar-refractivity contribution in [1.82, 2.24) is 0 Å². The summed E-state index contributed by atoms with van der Waals surface area (Å²) in [6.45, 7) is 0. The van der Waals surface area contributed by atoms with Crippen LogP contribution in [0.25, 0.3) is 0 Å². The number of benzene rings is 1. The molecule has 2 heterocycles. The second-order valence-electron chi connectivity index (χ2n) is 4.42. The van der Waals surface area contributed by atoms with E-state index in [-0.39, 0.29) is 7.92 Å². The second kappa shape index (κ2) is 3.79. The molecule has 14 heavy (non-hydrogen) atoms. The van der Waals surface area contributed by atoms with Crippen LogP contribution in [-0.4, -0.2) is 21.8 Å². The van der Waals surface area contributed by atoms with Crippen LogP contribution < -0.4 is 5.30 Å². The van der Waals surface area contributed by atoms with Crippen LogP contribution in [0.2, 0.25) is 12.1 Å². The summed E-state index contributed by atoms with van der Waals surface area (Å²) in [5.74, 6) is 2.22. The van der Waals surface area contributed by atoms with Crippen LogP contribution in [0.1, 0.15) is 0 Å². The Morgan fingerprint density at radius 3 is 2.29 bits per heavy atom. The Balaban J connectivity index is 1.77. The number of hydrogen-bond acceptors (Lipinski definition) is 0. The van der Waals surface area contributed by atoms with Gasteiger partial charge >= 0.3 is 0 Å². The van der Waals surface area contributed by atoms with Crippen molar-refractivity contribution < 1.29 is 0 Å². The molecule has 0 bridgehead atoms. The first-order valence-corrected chi connectivity index (χ1v) is 8.57. The smallest absolute Gasteiger partial charge is 0.0384 e. The van der Waals surface area contributed by atoms with E-state index in [2.05, 4.69) is 30.3 Å². The standard InChI is InChI=1S/C12H15PSi/c1-2-4-12(5-3-1)13-6-10-8-14-9-11(10)7-13/h1-5,10-11H,6-9H2. The Kier molecular flexibility index (Phi) is 2.47. The molecule has 2 unspecified atom stereocenters. The lowest BCUT2D eigenvalue weighted by Gasteiger charge is -2.11. The zero-order chi connectivity index (χ0) is 9.38. The molecule has 3 rings (SSSR count). The normalized spacial score (nSPS) is 35.9. The molecule has 0 amide bonds. The van der Waals surface area contributed by atoms with Crippen molar-refractivity contribution in [3.8, 4) is 0 Å². The predicted octanol–water partition coefficient (Wildman–Crippen LogP) is 2.59. The first-order chi connectivity index (χ1) is 6.93. The molecular formula is C12H15PSi. The summed E-state index contributed by atoms with van der Waals surface area (Å²) in [5.41, 5.74) is 0. The van der Waals surface area contributed by atoms with E-state index in [1.165, 1.54) is 21.8 Å². The predicted molar refractivity (Wildman–Crippen MR) is 65.1 cm³/mol. The van der Waals surface area contributed by atoms with Crippen molar-refractivity contribution in [2.45, 2.75) is 12.1 Å². The SMILES string of the molecule is c1ccc(P2CC3C[Si]CC3C2)cc1. The lowest BCUT2D eigenvalue weighted by molar-refractivity contribution is 0.525. The highest BCUT2D eigenvalue weighted by molar-refractivity contribution is 7.66. The van der Waals surface area contributed by atoms with Gasteiger partial charge in [0.05, 0.1) is 0 Å². The van der Waals surface area contributed by atoms with Gasteiger partial charge in [-0.3, -0.25) is 0 Å². The van der Waals surface area contributed by atoms with Crippen molar-refractivity contribution in [3.63, 3.8) is 0 Å². The Morgan fingerprint density at radius 1 is 1.00 bits per heavy atom. The van der Waals surface area contributed by atoms with Crippen LogP contribution in [0.15, 0.2) is 30.3 Å². The number of fused-ring (bicyclic) bond motifs is 1. The first-order valence-electron chi connectivity index (χ1n) is 5.44. The summed E-state index contributed by atoms with van der Waals surface area (Å²) < 4.78 is 0. The van der Waals surface area contributed by atoms with Crippen molar-refractivity contribution in [2.24, 2.45) is 11.8 Å². The minimum atomic E-state index is 0.231. The van der Waals surface area contributed by atoms with Crippen molar-refractivity contribution in [1.29, 1.82) is 0 Å². The van der Waals surface area contributed by atoms with Crippen molar-refractivity contribution in [2.75, 3.05) is 12.3 Å². The maximum Gasteiger partial charge on any atom is 0.0384 e. The minimum Gasteiger partial charge on any atom is -0.0748 e. The molecule has 0 aliphatic carbocycles. The Hall–Kier alpha value is -0.133. The lowest BCUT2D eigenvalue weighted by atomic mass is 10.0. The molecule has 0 N–H and O–H groups in total. The van der Waals surface area contributed by atoms with Crippen LogP contribution in [0.3, 0.4) is 0 Å². The van der Waals surface area contributed by atoms with Crippen LogP contribution >= 0.6 is 7.92 Å². The summed E-state index contributed by atoms with van der Waals surface area (Å²) in [4.78, 5) is 0. The molecule has 2 aliphatic rings. The van der Waals surface area contributed by atoms with Gasteiger partial charge in [0.25, 0.3) is 0 Å². The van der Waals surface area contributed by atoms with Gasteiger partial charge < -0.3 is 0 Å². The van der Waals surface area contributed by atoms with Crippen LogP contribution in [0.4, 0.5) is 0 Å². The molecule has 0 saturated carbocycles. The molecule has 0 nitrogen and oxygen atoms in total. The third-order valence-electron chi connectivity index (χ3n) is 3.51. The van der Waals surface area contributed by atoms with E-state index in [1.807, 2.05) is 0 Å². The molecule has 2 saturated heterocycles. The quantitative estimate of drug-likeness (QED) is 0.502. The fourth-order valence-electron chi connectivity index (χ4n) is 2.71. The average Bonchev–Trinajstić information content (AvgIpc) is 2.78. The van der Waals surface area contributed by atoms with Gasteiger partial charge in [-0.2, -0.15) is 0 Å². The fraction of sp³-hybridized carbons (Fsp3) is 0.500. The van der Waals surface area contributed by atoms with Crippen LogP contribution in [-0.2, 0) is 0 Å². The summed E-state index contributed by atoms with van der Waals surface area (Å²) in [6.07, 6.45) is 3.08. The summed E-state index contributed by atoms with van der Waals surface area (Å²) in [5, 5.41) is 1.65. The monoisotopic (exact) mass is 218 g/mol. The molecular weight excluding hydrogens is 203 g/mol. The molecule has 2 atom stereocenters. The van der Waals surface area contributed by atoms with Gasteiger partial charge in [0, 0.05) is 9.52 Å². The van der Waals surface area contributed by atoms with Crippen LogP contribution in [0, 0.1) is 11.8 Å². The third-order valence-corrected chi connectivity index (χ3v) is 7.98. The largest absolute Gasteiger partial charge is 0.0748 e. The molecule has 2 fully saturated rings. The second-order valence-corrected chi connectivity index (χ2v) is 8.06. The van der Waals surface area contributed by atoms with E-state index in [1.54, 1.807) is 17.4 Å².